The van der Waals surface area contributed by atoms with Gasteiger partial charge in [0.25, 0.3) is 11.5 Å². The molecule has 0 saturated carbocycles. The summed E-state index contributed by atoms with van der Waals surface area (Å²) >= 11 is 6.19. The first kappa shape index (κ1) is 23.4. The summed E-state index contributed by atoms with van der Waals surface area (Å²) in [4.78, 5) is 38.8. The van der Waals surface area contributed by atoms with Crippen LogP contribution in [0, 0.1) is 12.7 Å². The number of carbonyl (C=O) groups excluding carboxylic acids is 1. The topological polar surface area (TPSA) is 95.2 Å². The summed E-state index contributed by atoms with van der Waals surface area (Å²) < 4.78 is 20.1. The standard InChI is InChI=1S/C22H22ClFN4O4/c1-14-4-9-17(12-18(14)23)28-22(31)27(13-15-5-7-16(24)8-6-15)21(30)19(26-28)20(29)25-10-3-11-32-2/h4-9,12H,3,10-11,13H2,1-2H3,(H,25,29). The molecule has 0 atom stereocenters. The zero-order valence-corrected chi connectivity index (χ0v) is 18.4. The number of nitrogens with one attached hydrogen (secondary N) is 1. The minimum atomic E-state index is -0.849. The van der Waals surface area contributed by atoms with Crippen LogP contribution in [0.4, 0.5) is 4.39 Å². The lowest BCUT2D eigenvalue weighted by Crippen LogP contribution is -2.46. The molecule has 0 unspecified atom stereocenters. The highest BCUT2D eigenvalue weighted by molar-refractivity contribution is 6.31. The molecule has 0 spiro atoms. The predicted octanol–water partition coefficient (Wildman–Crippen LogP) is 2.31. The van der Waals surface area contributed by atoms with E-state index in [0.29, 0.717) is 29.3 Å². The average molecular weight is 461 g/mol. The van der Waals surface area contributed by atoms with Crippen LogP contribution in [0.25, 0.3) is 5.69 Å². The Labute approximate surface area is 188 Å². The number of hydrogen-bond donors (Lipinski definition) is 1. The molecule has 168 valence electrons. The van der Waals surface area contributed by atoms with E-state index in [2.05, 4.69) is 10.4 Å². The van der Waals surface area contributed by atoms with Gasteiger partial charge in [-0.1, -0.05) is 29.8 Å². The van der Waals surface area contributed by atoms with Gasteiger partial charge in [-0.3, -0.25) is 14.2 Å². The van der Waals surface area contributed by atoms with E-state index in [1.807, 2.05) is 0 Å². The fraction of sp³-hybridized carbons (Fsp3) is 0.273. The Balaban J connectivity index is 2.10. The third-order valence-electron chi connectivity index (χ3n) is 4.74. The van der Waals surface area contributed by atoms with Crippen molar-refractivity contribution < 1.29 is 13.9 Å². The molecule has 0 bridgehead atoms. The van der Waals surface area contributed by atoms with E-state index in [1.165, 1.54) is 30.3 Å². The van der Waals surface area contributed by atoms with Gasteiger partial charge in [0.1, 0.15) is 5.82 Å². The summed E-state index contributed by atoms with van der Waals surface area (Å²) in [6.45, 7) is 2.34. The highest BCUT2D eigenvalue weighted by atomic mass is 35.5. The van der Waals surface area contributed by atoms with Crippen LogP contribution in [0.15, 0.2) is 52.1 Å². The number of hydrogen-bond acceptors (Lipinski definition) is 5. The van der Waals surface area contributed by atoms with Crippen molar-refractivity contribution in [2.75, 3.05) is 20.3 Å². The Kier molecular flexibility index (Phi) is 7.55. The van der Waals surface area contributed by atoms with Crippen LogP contribution in [0.1, 0.15) is 28.0 Å². The zero-order valence-electron chi connectivity index (χ0n) is 17.6. The Hall–Kier alpha value is -3.30. The summed E-state index contributed by atoms with van der Waals surface area (Å²) in [5.41, 5.74) is -0.447. The minimum Gasteiger partial charge on any atom is -0.385 e. The fourth-order valence-electron chi connectivity index (χ4n) is 2.95. The maximum atomic E-state index is 13.3. The molecule has 1 heterocycles. The zero-order chi connectivity index (χ0) is 23.3. The molecule has 0 radical (unpaired) electrons. The molecule has 8 nitrogen and oxygen atoms in total. The maximum Gasteiger partial charge on any atom is 0.352 e. The molecule has 2 aromatic carbocycles. The Bertz CT molecular complexity index is 1240. The lowest BCUT2D eigenvalue weighted by molar-refractivity contribution is 0.0938. The number of aromatic nitrogens is 3. The van der Waals surface area contributed by atoms with Crippen molar-refractivity contribution in [3.05, 3.63) is 91.0 Å². The molecule has 0 aliphatic heterocycles. The normalized spacial score (nSPS) is 10.9. The summed E-state index contributed by atoms with van der Waals surface area (Å²) in [7, 11) is 1.54. The molecule has 0 aliphatic rings. The summed E-state index contributed by atoms with van der Waals surface area (Å²) in [6, 6.07) is 10.2. The molecular formula is C22H22ClFN4O4. The van der Waals surface area contributed by atoms with Gasteiger partial charge in [0, 0.05) is 25.3 Å². The number of benzene rings is 2. The van der Waals surface area contributed by atoms with Gasteiger partial charge < -0.3 is 10.1 Å². The van der Waals surface area contributed by atoms with Crippen LogP contribution >= 0.6 is 11.6 Å². The number of halogens is 2. The Morgan fingerprint density at radius 1 is 1.19 bits per heavy atom. The van der Waals surface area contributed by atoms with Crippen molar-refractivity contribution in [1.29, 1.82) is 0 Å². The average Bonchev–Trinajstić information content (AvgIpc) is 2.77. The quantitative estimate of drug-likeness (QED) is 0.520. The molecular weight excluding hydrogens is 439 g/mol. The molecule has 1 aromatic heterocycles. The smallest absolute Gasteiger partial charge is 0.352 e. The lowest BCUT2D eigenvalue weighted by atomic mass is 10.2. The summed E-state index contributed by atoms with van der Waals surface area (Å²) in [5, 5.41) is 7.04. The van der Waals surface area contributed by atoms with Crippen LogP contribution in [0.5, 0.6) is 0 Å². The van der Waals surface area contributed by atoms with Crippen molar-refractivity contribution in [2.24, 2.45) is 0 Å². The van der Waals surface area contributed by atoms with E-state index in [9.17, 15) is 18.8 Å². The van der Waals surface area contributed by atoms with E-state index >= 15 is 0 Å². The first-order valence-corrected chi connectivity index (χ1v) is 10.2. The van der Waals surface area contributed by atoms with Gasteiger partial charge in [-0.2, -0.15) is 9.78 Å². The number of amides is 1. The largest absolute Gasteiger partial charge is 0.385 e. The number of carbonyl (C=O) groups is 1. The Morgan fingerprint density at radius 2 is 1.91 bits per heavy atom. The van der Waals surface area contributed by atoms with Crippen molar-refractivity contribution in [3.63, 3.8) is 0 Å². The fourth-order valence-corrected chi connectivity index (χ4v) is 3.13. The molecule has 3 rings (SSSR count). The molecule has 0 saturated heterocycles. The van der Waals surface area contributed by atoms with Gasteiger partial charge in [-0.15, -0.1) is 0 Å². The predicted molar refractivity (Wildman–Crippen MR) is 118 cm³/mol. The highest BCUT2D eigenvalue weighted by Crippen LogP contribution is 2.18. The van der Waals surface area contributed by atoms with Crippen molar-refractivity contribution >= 4 is 17.5 Å². The van der Waals surface area contributed by atoms with Crippen LogP contribution in [-0.2, 0) is 11.3 Å². The number of ether oxygens (including phenoxy) is 1. The molecule has 0 aliphatic carbocycles. The van der Waals surface area contributed by atoms with E-state index in [1.54, 1.807) is 26.2 Å². The van der Waals surface area contributed by atoms with E-state index < -0.39 is 28.7 Å². The highest BCUT2D eigenvalue weighted by Gasteiger charge is 2.20. The van der Waals surface area contributed by atoms with Crippen LogP contribution < -0.4 is 16.6 Å². The van der Waals surface area contributed by atoms with E-state index in [-0.39, 0.29) is 13.1 Å². The SMILES string of the molecule is COCCCNC(=O)c1nn(-c2ccc(C)c(Cl)c2)c(=O)n(Cc2ccc(F)cc2)c1=O. The summed E-state index contributed by atoms with van der Waals surface area (Å²) in [5.74, 6) is -1.16. The van der Waals surface area contributed by atoms with Crippen molar-refractivity contribution in [2.45, 2.75) is 19.9 Å². The van der Waals surface area contributed by atoms with Crippen LogP contribution in [-0.4, -0.2) is 40.5 Å². The third kappa shape index (κ3) is 5.30. The monoisotopic (exact) mass is 460 g/mol. The second-order valence-corrected chi connectivity index (χ2v) is 7.50. The molecule has 0 fully saturated rings. The van der Waals surface area contributed by atoms with Gasteiger partial charge in [-0.25, -0.2) is 9.18 Å². The van der Waals surface area contributed by atoms with Crippen LogP contribution in [0.2, 0.25) is 5.02 Å². The van der Waals surface area contributed by atoms with Crippen molar-refractivity contribution in [1.82, 2.24) is 19.7 Å². The van der Waals surface area contributed by atoms with Gasteiger partial charge in [0.15, 0.2) is 0 Å². The lowest BCUT2D eigenvalue weighted by Gasteiger charge is -2.13. The molecule has 1 N–H and O–H groups in total. The Morgan fingerprint density at radius 3 is 2.56 bits per heavy atom. The number of nitrogens with zero attached hydrogens (tertiary/aromatic N) is 3. The number of aryl methyl sites for hydroxylation is 1. The molecule has 3 aromatic rings. The minimum absolute atomic E-state index is 0.163. The molecule has 1 amide bonds. The van der Waals surface area contributed by atoms with Gasteiger partial charge in [0.2, 0.25) is 5.69 Å². The number of methoxy groups -OCH3 is 1. The molecule has 10 heteroatoms. The number of rotatable bonds is 8. The van der Waals surface area contributed by atoms with Gasteiger partial charge in [0.05, 0.1) is 12.2 Å². The van der Waals surface area contributed by atoms with Crippen molar-refractivity contribution in [3.8, 4) is 5.69 Å². The maximum absolute atomic E-state index is 13.3. The first-order chi connectivity index (χ1) is 15.3. The van der Waals surface area contributed by atoms with E-state index in [0.717, 1.165) is 14.8 Å². The van der Waals surface area contributed by atoms with Gasteiger partial charge >= 0.3 is 5.69 Å². The molecule has 32 heavy (non-hydrogen) atoms. The van der Waals surface area contributed by atoms with E-state index in [4.69, 9.17) is 16.3 Å². The van der Waals surface area contributed by atoms with Crippen LogP contribution in [0.3, 0.4) is 0 Å². The third-order valence-corrected chi connectivity index (χ3v) is 5.15. The van der Waals surface area contributed by atoms with Gasteiger partial charge in [-0.05, 0) is 48.7 Å². The second-order valence-electron chi connectivity index (χ2n) is 7.10. The summed E-state index contributed by atoms with van der Waals surface area (Å²) in [6.07, 6.45) is 0.541. The second kappa shape index (κ2) is 10.3. The first-order valence-electron chi connectivity index (χ1n) is 9.84.